The third kappa shape index (κ3) is 7.15. The van der Waals surface area contributed by atoms with Gasteiger partial charge in [-0.3, -0.25) is 4.90 Å². The van der Waals surface area contributed by atoms with Crippen LogP contribution in [0.5, 0.6) is 17.2 Å². The Labute approximate surface area is 218 Å². The first-order valence-electron chi connectivity index (χ1n) is 12.6. The molecule has 0 atom stereocenters. The molecule has 3 aromatic rings. The number of aromatic nitrogens is 2. The zero-order valence-electron chi connectivity index (χ0n) is 21.2. The van der Waals surface area contributed by atoms with Gasteiger partial charge in [-0.25, -0.2) is 4.98 Å². The lowest BCUT2D eigenvalue weighted by molar-refractivity contribution is -0.0537. The minimum atomic E-state index is -0.831. The molecule has 0 unspecified atom stereocenters. The number of hydrogen-bond acceptors (Lipinski definition) is 6. The van der Waals surface area contributed by atoms with Crippen molar-refractivity contribution in [3.63, 3.8) is 0 Å². The van der Waals surface area contributed by atoms with Crippen LogP contribution in [0.2, 0.25) is 5.02 Å². The van der Waals surface area contributed by atoms with E-state index in [1.54, 1.807) is 19.2 Å². The van der Waals surface area contributed by atoms with Crippen LogP contribution in [0.1, 0.15) is 37.6 Å². The van der Waals surface area contributed by atoms with Gasteiger partial charge in [-0.15, -0.1) is 0 Å². The fourth-order valence-electron chi connectivity index (χ4n) is 4.51. The van der Waals surface area contributed by atoms with Gasteiger partial charge in [-0.05, 0) is 55.2 Å². The predicted molar refractivity (Wildman–Crippen MR) is 141 cm³/mol. The SMILES string of the molecule is CCc1nccn1CCCOc1ccc(CN2CCC(O)(COc3cccc(Cl)c3)CC2)cc1OC. The fourth-order valence-corrected chi connectivity index (χ4v) is 4.69. The second-order valence-corrected chi connectivity index (χ2v) is 9.76. The van der Waals surface area contributed by atoms with E-state index in [2.05, 4.69) is 27.4 Å². The lowest BCUT2D eigenvalue weighted by Crippen LogP contribution is -2.47. The number of likely N-dealkylation sites (tertiary alicyclic amines) is 1. The number of aliphatic hydroxyl groups is 1. The Hall–Kier alpha value is -2.74. The Balaban J connectivity index is 1.23. The molecule has 36 heavy (non-hydrogen) atoms. The molecule has 1 aliphatic heterocycles. The summed E-state index contributed by atoms with van der Waals surface area (Å²) in [6.07, 6.45) is 6.99. The van der Waals surface area contributed by atoms with Gasteiger partial charge in [0.05, 0.1) is 13.7 Å². The zero-order valence-corrected chi connectivity index (χ0v) is 21.9. The maximum Gasteiger partial charge on any atom is 0.161 e. The highest BCUT2D eigenvalue weighted by atomic mass is 35.5. The summed E-state index contributed by atoms with van der Waals surface area (Å²) < 4.78 is 19.6. The lowest BCUT2D eigenvalue weighted by Gasteiger charge is -2.38. The standard InChI is InChI=1S/C28H36ClN3O4/c1-3-27-30-12-16-32(27)13-5-17-35-25-9-8-22(18-26(25)34-2)20-31-14-10-28(33,11-15-31)21-36-24-7-4-6-23(29)19-24/h4,6-9,12,16,18-19,33H,3,5,10-11,13-15,17,20-21H2,1-2H3. The molecule has 0 saturated carbocycles. The lowest BCUT2D eigenvalue weighted by atomic mass is 9.92. The molecule has 2 aromatic carbocycles. The van der Waals surface area contributed by atoms with Crippen molar-refractivity contribution < 1.29 is 19.3 Å². The maximum atomic E-state index is 11.0. The summed E-state index contributed by atoms with van der Waals surface area (Å²) in [5.74, 6) is 3.28. The van der Waals surface area contributed by atoms with Crippen molar-refractivity contribution >= 4 is 11.6 Å². The first-order chi connectivity index (χ1) is 17.5. The van der Waals surface area contributed by atoms with Crippen molar-refractivity contribution in [2.45, 2.75) is 51.3 Å². The van der Waals surface area contributed by atoms with Gasteiger partial charge < -0.3 is 23.9 Å². The first-order valence-corrected chi connectivity index (χ1v) is 13.0. The van der Waals surface area contributed by atoms with Crippen LogP contribution in [0.3, 0.4) is 0 Å². The normalized spacial score (nSPS) is 15.6. The molecule has 194 valence electrons. The van der Waals surface area contributed by atoms with Crippen LogP contribution in [0.25, 0.3) is 0 Å². The molecular formula is C28H36ClN3O4. The molecule has 1 saturated heterocycles. The minimum Gasteiger partial charge on any atom is -0.493 e. The van der Waals surface area contributed by atoms with Crippen molar-refractivity contribution in [2.24, 2.45) is 0 Å². The molecular weight excluding hydrogens is 478 g/mol. The van der Waals surface area contributed by atoms with E-state index in [4.69, 9.17) is 25.8 Å². The smallest absolute Gasteiger partial charge is 0.161 e. The molecule has 1 aromatic heterocycles. The topological polar surface area (TPSA) is 69.0 Å². The Morgan fingerprint density at radius 2 is 1.92 bits per heavy atom. The Morgan fingerprint density at radius 3 is 2.67 bits per heavy atom. The molecule has 0 amide bonds. The summed E-state index contributed by atoms with van der Waals surface area (Å²) in [7, 11) is 1.67. The van der Waals surface area contributed by atoms with Gasteiger partial charge in [0.15, 0.2) is 11.5 Å². The number of imidazole rings is 1. The summed E-state index contributed by atoms with van der Waals surface area (Å²) in [5.41, 5.74) is 0.328. The number of aryl methyl sites for hydroxylation is 2. The molecule has 7 nitrogen and oxygen atoms in total. The molecule has 0 radical (unpaired) electrons. The quantitative estimate of drug-likeness (QED) is 0.344. The van der Waals surface area contributed by atoms with Crippen LogP contribution in [0.4, 0.5) is 0 Å². The fraction of sp³-hybridized carbons (Fsp3) is 0.464. The number of piperidine rings is 1. The third-order valence-corrected chi connectivity index (χ3v) is 6.88. The maximum absolute atomic E-state index is 11.0. The molecule has 0 aliphatic carbocycles. The highest BCUT2D eigenvalue weighted by molar-refractivity contribution is 6.30. The molecule has 4 rings (SSSR count). The number of halogens is 1. The van der Waals surface area contributed by atoms with E-state index in [0.717, 1.165) is 61.9 Å². The number of methoxy groups -OCH3 is 1. The average molecular weight is 514 g/mol. The van der Waals surface area contributed by atoms with E-state index in [9.17, 15) is 5.11 Å². The van der Waals surface area contributed by atoms with E-state index in [-0.39, 0.29) is 6.61 Å². The second kappa shape index (κ2) is 12.5. The van der Waals surface area contributed by atoms with Gasteiger partial charge in [-0.1, -0.05) is 30.7 Å². The molecule has 8 heteroatoms. The molecule has 0 spiro atoms. The average Bonchev–Trinajstić information content (AvgIpc) is 3.35. The summed E-state index contributed by atoms with van der Waals surface area (Å²) in [6.45, 7) is 6.26. The number of rotatable bonds is 12. The zero-order chi connectivity index (χ0) is 25.4. The van der Waals surface area contributed by atoms with Gasteiger partial charge in [0.2, 0.25) is 0 Å². The first kappa shape index (κ1) is 26.3. The third-order valence-electron chi connectivity index (χ3n) is 6.64. The van der Waals surface area contributed by atoms with E-state index in [0.29, 0.717) is 30.2 Å². The monoisotopic (exact) mass is 513 g/mol. The number of ether oxygens (including phenoxy) is 3. The Bertz CT molecular complexity index is 1110. The second-order valence-electron chi connectivity index (χ2n) is 9.32. The predicted octanol–water partition coefficient (Wildman–Crippen LogP) is 4.98. The van der Waals surface area contributed by atoms with Gasteiger partial charge in [-0.2, -0.15) is 0 Å². The Kier molecular flexibility index (Phi) is 9.13. The Morgan fingerprint density at radius 1 is 1.08 bits per heavy atom. The summed E-state index contributed by atoms with van der Waals surface area (Å²) in [6, 6.07) is 13.4. The van der Waals surface area contributed by atoms with Gasteiger partial charge >= 0.3 is 0 Å². The summed E-state index contributed by atoms with van der Waals surface area (Å²) in [4.78, 5) is 6.71. The molecule has 1 fully saturated rings. The molecule has 1 N–H and O–H groups in total. The van der Waals surface area contributed by atoms with E-state index in [1.807, 2.05) is 36.7 Å². The summed E-state index contributed by atoms with van der Waals surface area (Å²) in [5, 5.41) is 11.6. The van der Waals surface area contributed by atoms with Crippen LogP contribution < -0.4 is 14.2 Å². The van der Waals surface area contributed by atoms with Crippen molar-refractivity contribution in [3.05, 3.63) is 71.3 Å². The highest BCUT2D eigenvalue weighted by Gasteiger charge is 2.33. The van der Waals surface area contributed by atoms with E-state index >= 15 is 0 Å². The van der Waals surface area contributed by atoms with Crippen LogP contribution in [-0.4, -0.2) is 58.6 Å². The van der Waals surface area contributed by atoms with Gasteiger partial charge in [0.1, 0.15) is 23.8 Å². The van der Waals surface area contributed by atoms with E-state index < -0.39 is 5.60 Å². The van der Waals surface area contributed by atoms with Gasteiger partial charge in [0, 0.05) is 50.0 Å². The number of benzene rings is 2. The molecule has 0 bridgehead atoms. The van der Waals surface area contributed by atoms with Crippen LogP contribution in [-0.2, 0) is 19.5 Å². The van der Waals surface area contributed by atoms with Crippen LogP contribution in [0, 0.1) is 0 Å². The van der Waals surface area contributed by atoms with Crippen molar-refractivity contribution in [1.82, 2.24) is 14.5 Å². The van der Waals surface area contributed by atoms with E-state index in [1.165, 1.54) is 0 Å². The summed E-state index contributed by atoms with van der Waals surface area (Å²) >= 11 is 6.02. The van der Waals surface area contributed by atoms with Crippen LogP contribution in [0.15, 0.2) is 54.9 Å². The number of hydrogen-bond donors (Lipinski definition) is 1. The van der Waals surface area contributed by atoms with Crippen molar-refractivity contribution in [1.29, 1.82) is 0 Å². The largest absolute Gasteiger partial charge is 0.493 e. The van der Waals surface area contributed by atoms with Gasteiger partial charge in [0.25, 0.3) is 0 Å². The van der Waals surface area contributed by atoms with Crippen LogP contribution >= 0.6 is 11.6 Å². The van der Waals surface area contributed by atoms with Crippen molar-refractivity contribution in [2.75, 3.05) is 33.4 Å². The molecule has 2 heterocycles. The highest BCUT2D eigenvalue weighted by Crippen LogP contribution is 2.30. The minimum absolute atomic E-state index is 0.266. The molecule has 1 aliphatic rings. The van der Waals surface area contributed by atoms with Crippen molar-refractivity contribution in [3.8, 4) is 17.2 Å². The number of nitrogens with zero attached hydrogens (tertiary/aromatic N) is 3.